The summed E-state index contributed by atoms with van der Waals surface area (Å²) in [6, 6.07) is 8.53. The molecule has 1 heterocycles. The monoisotopic (exact) mass is 159 g/mol. The van der Waals surface area contributed by atoms with E-state index in [4.69, 9.17) is 0 Å². The van der Waals surface area contributed by atoms with Gasteiger partial charge in [0.05, 0.1) is 0 Å². The number of anilines is 1. The van der Waals surface area contributed by atoms with Gasteiger partial charge in [-0.25, -0.2) is 0 Å². The van der Waals surface area contributed by atoms with Crippen molar-refractivity contribution in [1.82, 2.24) is 0 Å². The van der Waals surface area contributed by atoms with Crippen LogP contribution >= 0.6 is 0 Å². The lowest BCUT2D eigenvalue weighted by atomic mass is 10.1. The van der Waals surface area contributed by atoms with Gasteiger partial charge in [0.2, 0.25) is 0 Å². The zero-order chi connectivity index (χ0) is 8.39. The first kappa shape index (κ1) is 7.41. The van der Waals surface area contributed by atoms with Crippen molar-refractivity contribution < 1.29 is 0 Å². The second-order valence-corrected chi connectivity index (χ2v) is 3.00. The molecule has 0 radical (unpaired) electrons. The Balaban J connectivity index is 2.45. The summed E-state index contributed by atoms with van der Waals surface area (Å²) in [5.74, 6) is 0. The van der Waals surface area contributed by atoms with Gasteiger partial charge in [-0.15, -0.1) is 0 Å². The van der Waals surface area contributed by atoms with Crippen LogP contribution in [0.1, 0.15) is 12.5 Å². The van der Waals surface area contributed by atoms with Gasteiger partial charge in [0.25, 0.3) is 0 Å². The molecule has 1 aromatic carbocycles. The lowest BCUT2D eigenvalue weighted by Crippen LogP contribution is -2.25. The van der Waals surface area contributed by atoms with Crippen LogP contribution in [0.15, 0.2) is 30.3 Å². The fourth-order valence-electron chi connectivity index (χ4n) is 1.62. The molecule has 0 atom stereocenters. The van der Waals surface area contributed by atoms with Crippen molar-refractivity contribution in [1.29, 1.82) is 0 Å². The summed E-state index contributed by atoms with van der Waals surface area (Å²) >= 11 is 0. The van der Waals surface area contributed by atoms with Crippen LogP contribution in [0.5, 0.6) is 0 Å². The summed E-state index contributed by atoms with van der Waals surface area (Å²) in [5.41, 5.74) is 2.70. The van der Waals surface area contributed by atoms with E-state index in [1.165, 1.54) is 11.3 Å². The molecule has 0 fully saturated rings. The molecule has 0 aliphatic carbocycles. The van der Waals surface area contributed by atoms with Crippen LogP contribution in [-0.2, 0) is 0 Å². The number of para-hydroxylation sites is 1. The molecule has 1 aromatic rings. The summed E-state index contributed by atoms with van der Waals surface area (Å²) in [7, 11) is 0. The normalized spacial score (nSPS) is 14.6. The van der Waals surface area contributed by atoms with Crippen LogP contribution in [-0.4, -0.2) is 13.1 Å². The van der Waals surface area contributed by atoms with Gasteiger partial charge in [0.1, 0.15) is 0 Å². The van der Waals surface area contributed by atoms with Crippen LogP contribution < -0.4 is 4.90 Å². The SMILES string of the molecule is CCN1CC=Cc2ccccc21. The molecule has 0 saturated heterocycles. The third-order valence-electron chi connectivity index (χ3n) is 2.28. The molecule has 0 bridgehead atoms. The van der Waals surface area contributed by atoms with Crippen molar-refractivity contribution in [3.8, 4) is 0 Å². The van der Waals surface area contributed by atoms with Crippen molar-refractivity contribution in [2.24, 2.45) is 0 Å². The topological polar surface area (TPSA) is 3.24 Å². The van der Waals surface area contributed by atoms with Crippen LogP contribution in [0.25, 0.3) is 6.08 Å². The van der Waals surface area contributed by atoms with E-state index in [1.807, 2.05) is 0 Å². The largest absolute Gasteiger partial charge is 0.368 e. The second kappa shape index (κ2) is 3.02. The predicted octanol–water partition coefficient (Wildman–Crippen LogP) is 2.54. The van der Waals surface area contributed by atoms with Gasteiger partial charge in [0.15, 0.2) is 0 Å². The summed E-state index contributed by atoms with van der Waals surface area (Å²) in [6.07, 6.45) is 4.41. The van der Waals surface area contributed by atoms with Gasteiger partial charge in [-0.2, -0.15) is 0 Å². The van der Waals surface area contributed by atoms with Gasteiger partial charge < -0.3 is 4.90 Å². The predicted molar refractivity (Wildman–Crippen MR) is 53.4 cm³/mol. The molecule has 0 N–H and O–H groups in total. The molecule has 62 valence electrons. The van der Waals surface area contributed by atoms with Gasteiger partial charge in [-0.1, -0.05) is 30.4 Å². The van der Waals surface area contributed by atoms with E-state index >= 15 is 0 Å². The molecule has 12 heavy (non-hydrogen) atoms. The highest BCUT2D eigenvalue weighted by molar-refractivity contribution is 5.70. The minimum atomic E-state index is 1.05. The highest BCUT2D eigenvalue weighted by Crippen LogP contribution is 2.24. The molecule has 1 aliphatic rings. The number of benzene rings is 1. The first-order chi connectivity index (χ1) is 5.92. The van der Waals surface area contributed by atoms with Gasteiger partial charge in [0, 0.05) is 18.8 Å². The van der Waals surface area contributed by atoms with Crippen molar-refractivity contribution in [3.63, 3.8) is 0 Å². The fourth-order valence-corrected chi connectivity index (χ4v) is 1.62. The van der Waals surface area contributed by atoms with Crippen LogP contribution in [0, 0.1) is 0 Å². The lowest BCUT2D eigenvalue weighted by Gasteiger charge is -2.26. The second-order valence-electron chi connectivity index (χ2n) is 3.00. The quantitative estimate of drug-likeness (QED) is 0.608. The Hall–Kier alpha value is -1.24. The Morgan fingerprint density at radius 2 is 2.17 bits per heavy atom. The van der Waals surface area contributed by atoms with Crippen LogP contribution in [0.4, 0.5) is 5.69 Å². The smallest absolute Gasteiger partial charge is 0.0442 e. The van der Waals surface area contributed by atoms with Crippen molar-refractivity contribution in [3.05, 3.63) is 35.9 Å². The van der Waals surface area contributed by atoms with Gasteiger partial charge >= 0.3 is 0 Å². The Bertz CT molecular complexity index is 302. The van der Waals surface area contributed by atoms with E-state index in [0.717, 1.165) is 13.1 Å². The zero-order valence-electron chi connectivity index (χ0n) is 7.33. The van der Waals surface area contributed by atoms with Gasteiger partial charge in [-0.05, 0) is 18.6 Å². The summed E-state index contributed by atoms with van der Waals surface area (Å²) < 4.78 is 0. The molecule has 0 saturated carbocycles. The van der Waals surface area contributed by atoms with E-state index in [9.17, 15) is 0 Å². The minimum Gasteiger partial charge on any atom is -0.368 e. The van der Waals surface area contributed by atoms with Crippen molar-refractivity contribution >= 4 is 11.8 Å². The molecule has 1 heteroatoms. The van der Waals surface area contributed by atoms with Gasteiger partial charge in [-0.3, -0.25) is 0 Å². The Morgan fingerprint density at radius 1 is 1.33 bits per heavy atom. The molecular formula is C11H13N. The molecule has 0 unspecified atom stereocenters. The van der Waals surface area contributed by atoms with Crippen molar-refractivity contribution in [2.45, 2.75) is 6.92 Å². The number of hydrogen-bond acceptors (Lipinski definition) is 1. The fraction of sp³-hybridized carbons (Fsp3) is 0.273. The zero-order valence-corrected chi connectivity index (χ0v) is 7.33. The maximum Gasteiger partial charge on any atom is 0.0442 e. The molecule has 1 nitrogen and oxygen atoms in total. The number of nitrogens with zero attached hydrogens (tertiary/aromatic N) is 1. The van der Waals surface area contributed by atoms with E-state index in [2.05, 4.69) is 48.2 Å². The Morgan fingerprint density at radius 3 is 3.00 bits per heavy atom. The molecular weight excluding hydrogens is 146 g/mol. The van der Waals surface area contributed by atoms with Crippen LogP contribution in [0.3, 0.4) is 0 Å². The average molecular weight is 159 g/mol. The third kappa shape index (κ3) is 1.11. The average Bonchev–Trinajstić information content (AvgIpc) is 2.17. The van der Waals surface area contributed by atoms with Crippen LogP contribution in [0.2, 0.25) is 0 Å². The molecule has 0 amide bonds. The first-order valence-electron chi connectivity index (χ1n) is 4.42. The standard InChI is InChI=1S/C11H13N/c1-2-12-9-5-7-10-6-3-4-8-11(10)12/h3-8H,2,9H2,1H3. The maximum atomic E-state index is 2.37. The highest BCUT2D eigenvalue weighted by atomic mass is 15.1. The maximum absolute atomic E-state index is 2.37. The molecule has 2 rings (SSSR count). The number of hydrogen-bond donors (Lipinski definition) is 0. The molecule has 1 aliphatic heterocycles. The summed E-state index contributed by atoms with van der Waals surface area (Å²) in [6.45, 7) is 4.32. The number of fused-ring (bicyclic) bond motifs is 1. The Labute approximate surface area is 73.3 Å². The van der Waals surface area contributed by atoms with E-state index in [1.54, 1.807) is 0 Å². The van der Waals surface area contributed by atoms with Crippen molar-refractivity contribution in [2.75, 3.05) is 18.0 Å². The summed E-state index contributed by atoms with van der Waals surface area (Å²) in [4.78, 5) is 2.37. The Kier molecular flexibility index (Phi) is 1.86. The highest BCUT2D eigenvalue weighted by Gasteiger charge is 2.08. The summed E-state index contributed by atoms with van der Waals surface area (Å²) in [5, 5.41) is 0. The molecule has 0 aromatic heterocycles. The minimum absolute atomic E-state index is 1.05. The van der Waals surface area contributed by atoms with E-state index in [0.29, 0.717) is 0 Å². The third-order valence-corrected chi connectivity index (χ3v) is 2.28. The van der Waals surface area contributed by atoms with E-state index < -0.39 is 0 Å². The molecule has 0 spiro atoms. The first-order valence-corrected chi connectivity index (χ1v) is 4.42. The number of likely N-dealkylation sites (N-methyl/N-ethyl adjacent to an activating group) is 1. The van der Waals surface area contributed by atoms with E-state index in [-0.39, 0.29) is 0 Å². The number of rotatable bonds is 1. The lowest BCUT2D eigenvalue weighted by molar-refractivity contribution is 0.899.